The number of hydrogen-bond acceptors (Lipinski definition) is 8. The summed E-state index contributed by atoms with van der Waals surface area (Å²) in [6.07, 6.45) is 3.53. The Labute approximate surface area is 201 Å². The maximum atomic E-state index is 13.1. The molecule has 9 nitrogen and oxygen atoms in total. The van der Waals surface area contributed by atoms with Crippen molar-refractivity contribution in [1.82, 2.24) is 25.1 Å². The molecule has 1 saturated heterocycles. The van der Waals surface area contributed by atoms with Crippen molar-refractivity contribution in [3.8, 4) is 5.69 Å². The van der Waals surface area contributed by atoms with E-state index < -0.39 is 18.0 Å². The summed E-state index contributed by atoms with van der Waals surface area (Å²) in [6.45, 7) is 5.34. The van der Waals surface area contributed by atoms with Crippen molar-refractivity contribution in [1.29, 1.82) is 0 Å². The van der Waals surface area contributed by atoms with Crippen molar-refractivity contribution in [2.24, 2.45) is 17.8 Å². The average Bonchev–Trinajstić information content (AvgIpc) is 3.42. The second-order valence-electron chi connectivity index (χ2n) is 8.91. The van der Waals surface area contributed by atoms with Gasteiger partial charge in [0, 0.05) is 11.7 Å². The fraction of sp³-hybridized carbons (Fsp3) is 0.458. The maximum absolute atomic E-state index is 13.1. The molecule has 10 heteroatoms. The van der Waals surface area contributed by atoms with Gasteiger partial charge in [0.15, 0.2) is 0 Å². The lowest BCUT2D eigenvalue weighted by Gasteiger charge is -2.47. The lowest BCUT2D eigenvalue weighted by atomic mass is 9.70. The van der Waals surface area contributed by atoms with E-state index in [1.165, 1.54) is 17.8 Å². The number of amides is 1. The van der Waals surface area contributed by atoms with Crippen LogP contribution in [-0.2, 0) is 14.3 Å². The van der Waals surface area contributed by atoms with Gasteiger partial charge in [-0.1, -0.05) is 49.0 Å². The summed E-state index contributed by atoms with van der Waals surface area (Å²) in [7, 11) is 0. The molecule has 2 aromatic rings. The zero-order valence-corrected chi connectivity index (χ0v) is 19.7. The Morgan fingerprint density at radius 1 is 1.35 bits per heavy atom. The Morgan fingerprint density at radius 3 is 2.88 bits per heavy atom. The number of fused-ring (bicyclic) bond motifs is 3. The van der Waals surface area contributed by atoms with Gasteiger partial charge in [-0.05, 0) is 53.8 Å². The van der Waals surface area contributed by atoms with Crippen molar-refractivity contribution >= 4 is 23.6 Å². The van der Waals surface area contributed by atoms with E-state index in [-0.39, 0.29) is 30.4 Å². The van der Waals surface area contributed by atoms with Gasteiger partial charge in [0.1, 0.15) is 12.3 Å². The quantitative estimate of drug-likeness (QED) is 0.265. The molecule has 34 heavy (non-hydrogen) atoms. The monoisotopic (exact) mass is 481 g/mol. The SMILES string of the molecule is C=CCOC(=O)C1=C2[C@@H](CSc3nnnn3-c3ccccc3)CCC[C@@H]2[C@@H]2[C@@H]([C@@H](C)O)C(=O)N12. The third-order valence-electron chi connectivity index (χ3n) is 6.92. The maximum Gasteiger partial charge on any atom is 0.355 e. The van der Waals surface area contributed by atoms with Crippen LogP contribution < -0.4 is 0 Å². The first kappa shape index (κ1) is 22.8. The zero-order valence-electron chi connectivity index (χ0n) is 18.9. The standard InChI is InChI=1S/C24H27N5O4S/c1-3-12-33-23(32)21-19-15(8-7-11-17(19)20-18(14(2)30)22(31)28(20)21)13-34-24-25-26-27-29(24)16-9-5-4-6-10-16/h3-6,9-10,14-15,17-18,20,30H,1,7-8,11-13H2,2H3/t14-,15-,17+,18-,20-/m1/s1. The molecule has 2 fully saturated rings. The van der Waals surface area contributed by atoms with E-state index in [4.69, 9.17) is 4.74 Å². The number of carbonyl (C=O) groups excluding carboxylic acids is 2. The summed E-state index contributed by atoms with van der Waals surface area (Å²) in [5, 5.41) is 23.1. The molecular formula is C24H27N5O4S. The lowest BCUT2D eigenvalue weighted by molar-refractivity contribution is -0.164. The first-order valence-corrected chi connectivity index (χ1v) is 12.5. The van der Waals surface area contributed by atoms with Crippen molar-refractivity contribution in [2.45, 2.75) is 43.5 Å². The number of nitrogens with zero attached hydrogens (tertiary/aromatic N) is 5. The van der Waals surface area contributed by atoms with E-state index in [2.05, 4.69) is 22.1 Å². The smallest absolute Gasteiger partial charge is 0.355 e. The van der Waals surface area contributed by atoms with Crippen LogP contribution in [0.3, 0.4) is 0 Å². The molecule has 2 aliphatic heterocycles. The number of β-lactam (4-membered cyclic amide) rings is 1. The minimum atomic E-state index is -0.760. The summed E-state index contributed by atoms with van der Waals surface area (Å²) in [5.41, 5.74) is 2.22. The number of aliphatic hydroxyl groups excluding tert-OH is 1. The Kier molecular flexibility index (Phi) is 6.26. The summed E-state index contributed by atoms with van der Waals surface area (Å²) < 4.78 is 7.08. The number of benzene rings is 1. The highest BCUT2D eigenvalue weighted by molar-refractivity contribution is 7.99. The molecule has 5 rings (SSSR count). The van der Waals surface area contributed by atoms with Crippen LogP contribution >= 0.6 is 11.8 Å². The van der Waals surface area contributed by atoms with E-state index in [0.717, 1.165) is 30.5 Å². The van der Waals surface area contributed by atoms with Crippen LogP contribution in [0, 0.1) is 17.8 Å². The number of carbonyl (C=O) groups is 2. The highest BCUT2D eigenvalue weighted by Crippen LogP contribution is 2.54. The fourth-order valence-corrected chi connectivity index (χ4v) is 6.60. The van der Waals surface area contributed by atoms with E-state index in [1.54, 1.807) is 16.5 Å². The van der Waals surface area contributed by atoms with Crippen LogP contribution in [0.1, 0.15) is 26.2 Å². The first-order chi connectivity index (χ1) is 16.5. The molecule has 5 atom stereocenters. The molecule has 1 aromatic heterocycles. The molecule has 1 aliphatic carbocycles. The van der Waals surface area contributed by atoms with Gasteiger partial charge in [0.25, 0.3) is 0 Å². The largest absolute Gasteiger partial charge is 0.457 e. The van der Waals surface area contributed by atoms with E-state index in [0.29, 0.717) is 16.6 Å². The third-order valence-corrected chi connectivity index (χ3v) is 8.00. The number of tetrazole rings is 1. The number of aromatic nitrogens is 4. The second kappa shape index (κ2) is 9.34. The lowest BCUT2D eigenvalue weighted by Crippen LogP contribution is -2.64. The molecule has 3 aliphatic rings. The second-order valence-corrected chi connectivity index (χ2v) is 9.90. The van der Waals surface area contributed by atoms with Gasteiger partial charge < -0.3 is 14.7 Å². The van der Waals surface area contributed by atoms with Crippen LogP contribution in [0.2, 0.25) is 0 Å². The predicted molar refractivity (Wildman–Crippen MR) is 125 cm³/mol. The topological polar surface area (TPSA) is 110 Å². The van der Waals surface area contributed by atoms with Crippen molar-refractivity contribution in [3.05, 3.63) is 54.3 Å². The molecule has 0 spiro atoms. The molecule has 1 saturated carbocycles. The minimum absolute atomic E-state index is 0.0491. The molecule has 1 N–H and O–H groups in total. The van der Waals surface area contributed by atoms with Gasteiger partial charge in [-0.15, -0.1) is 5.10 Å². The van der Waals surface area contributed by atoms with Crippen molar-refractivity contribution in [3.63, 3.8) is 0 Å². The predicted octanol–water partition coefficient (Wildman–Crippen LogP) is 2.38. The summed E-state index contributed by atoms with van der Waals surface area (Å²) in [6, 6.07) is 9.50. The Hall–Kier alpha value is -2.98. The number of esters is 1. The van der Waals surface area contributed by atoms with Crippen LogP contribution in [0.5, 0.6) is 0 Å². The normalized spacial score (nSPS) is 26.5. The van der Waals surface area contributed by atoms with Crippen LogP contribution in [-0.4, -0.2) is 66.6 Å². The minimum Gasteiger partial charge on any atom is -0.457 e. The van der Waals surface area contributed by atoms with Crippen molar-refractivity contribution < 1.29 is 19.4 Å². The molecule has 0 unspecified atom stereocenters. The van der Waals surface area contributed by atoms with E-state index in [1.807, 2.05) is 30.3 Å². The van der Waals surface area contributed by atoms with Crippen LogP contribution in [0.15, 0.2) is 59.4 Å². The van der Waals surface area contributed by atoms with Gasteiger partial charge in [0.05, 0.1) is 23.8 Å². The highest BCUT2D eigenvalue weighted by Gasteiger charge is 2.62. The van der Waals surface area contributed by atoms with E-state index >= 15 is 0 Å². The number of para-hydroxylation sites is 1. The van der Waals surface area contributed by atoms with Crippen LogP contribution in [0.25, 0.3) is 5.69 Å². The Balaban J connectivity index is 1.43. The molecule has 1 aromatic carbocycles. The van der Waals surface area contributed by atoms with Gasteiger partial charge in [-0.25, -0.2) is 4.79 Å². The number of rotatable bonds is 8. The fourth-order valence-electron chi connectivity index (χ4n) is 5.54. The Morgan fingerprint density at radius 2 is 2.15 bits per heavy atom. The summed E-state index contributed by atoms with van der Waals surface area (Å²) >= 11 is 1.54. The van der Waals surface area contributed by atoms with Gasteiger partial charge in [-0.2, -0.15) is 4.68 Å². The van der Waals surface area contributed by atoms with E-state index in [9.17, 15) is 14.7 Å². The molecule has 0 bridgehead atoms. The Bertz CT molecular complexity index is 1130. The molecule has 178 valence electrons. The number of ether oxygens (including phenoxy) is 1. The summed E-state index contributed by atoms with van der Waals surface area (Å²) in [5.74, 6) is -0.387. The number of aliphatic hydroxyl groups is 1. The van der Waals surface area contributed by atoms with Gasteiger partial charge in [-0.3, -0.25) is 4.79 Å². The van der Waals surface area contributed by atoms with Gasteiger partial charge >= 0.3 is 5.97 Å². The highest BCUT2D eigenvalue weighted by atomic mass is 32.2. The number of hydrogen-bond donors (Lipinski definition) is 1. The molecule has 3 heterocycles. The zero-order chi connectivity index (χ0) is 23.8. The molecule has 1 amide bonds. The molecular weight excluding hydrogens is 454 g/mol. The number of thioether (sulfide) groups is 1. The third kappa shape index (κ3) is 3.74. The molecule has 0 radical (unpaired) electrons. The first-order valence-electron chi connectivity index (χ1n) is 11.5. The van der Waals surface area contributed by atoms with Crippen molar-refractivity contribution in [2.75, 3.05) is 12.4 Å². The van der Waals surface area contributed by atoms with Gasteiger partial charge in [0.2, 0.25) is 11.1 Å². The summed E-state index contributed by atoms with van der Waals surface area (Å²) in [4.78, 5) is 27.6. The average molecular weight is 482 g/mol. The van der Waals surface area contributed by atoms with Crippen LogP contribution in [0.4, 0.5) is 0 Å².